The molecular formula is C6H9NOS2. The van der Waals surface area contributed by atoms with Crippen LogP contribution in [0.25, 0.3) is 0 Å². The number of thiazole rings is 1. The summed E-state index contributed by atoms with van der Waals surface area (Å²) in [6.45, 7) is 2.19. The first-order chi connectivity index (χ1) is 4.83. The molecule has 0 amide bonds. The van der Waals surface area contributed by atoms with Crippen LogP contribution in [-0.2, 0) is 0 Å². The molecule has 0 spiro atoms. The van der Waals surface area contributed by atoms with Crippen molar-refractivity contribution < 1.29 is 5.11 Å². The van der Waals surface area contributed by atoms with Gasteiger partial charge in [0.15, 0.2) is 0 Å². The van der Waals surface area contributed by atoms with E-state index in [-0.39, 0.29) is 11.9 Å². The topological polar surface area (TPSA) is 33.1 Å². The van der Waals surface area contributed by atoms with Gasteiger partial charge in [0.05, 0.1) is 6.61 Å². The largest absolute Gasteiger partial charge is 0.395 e. The van der Waals surface area contributed by atoms with Gasteiger partial charge in [-0.2, -0.15) is 0 Å². The zero-order valence-electron chi connectivity index (χ0n) is 5.65. The lowest BCUT2D eigenvalue weighted by Crippen LogP contribution is -2.00. The van der Waals surface area contributed by atoms with Crippen molar-refractivity contribution >= 4 is 23.1 Å². The van der Waals surface area contributed by atoms with E-state index in [0.29, 0.717) is 0 Å². The maximum Gasteiger partial charge on any atom is 0.150 e. The second kappa shape index (κ2) is 3.95. The van der Waals surface area contributed by atoms with E-state index in [9.17, 15) is 0 Å². The molecular weight excluding hydrogens is 166 g/mol. The van der Waals surface area contributed by atoms with Crippen molar-refractivity contribution in [3.63, 3.8) is 0 Å². The van der Waals surface area contributed by atoms with Gasteiger partial charge >= 0.3 is 0 Å². The lowest BCUT2D eigenvalue weighted by molar-refractivity contribution is 0.300. The summed E-state index contributed by atoms with van der Waals surface area (Å²) in [4.78, 5) is 4.07. The number of thioether (sulfide) groups is 1. The third-order valence-corrected chi connectivity index (χ3v) is 2.97. The van der Waals surface area contributed by atoms with E-state index in [1.807, 2.05) is 12.3 Å². The molecule has 4 heteroatoms. The summed E-state index contributed by atoms with van der Waals surface area (Å²) in [7, 11) is 0. The Morgan fingerprint density at radius 3 is 3.20 bits per heavy atom. The minimum absolute atomic E-state index is 0.213. The molecule has 1 aromatic heterocycles. The molecule has 2 nitrogen and oxygen atoms in total. The predicted octanol–water partition coefficient (Wildman–Crippen LogP) is 1.62. The van der Waals surface area contributed by atoms with E-state index in [2.05, 4.69) is 4.98 Å². The SMILES string of the molecule is CC(CO)Sc1nccs1. The second-order valence-corrected chi connectivity index (χ2v) is 4.49. The fourth-order valence-corrected chi connectivity index (χ4v) is 2.26. The Hall–Kier alpha value is -0.0600. The van der Waals surface area contributed by atoms with Crippen molar-refractivity contribution in [2.75, 3.05) is 6.61 Å². The first-order valence-corrected chi connectivity index (χ1v) is 4.76. The average Bonchev–Trinajstić information content (AvgIpc) is 2.40. The van der Waals surface area contributed by atoms with Gasteiger partial charge in [-0.05, 0) is 0 Å². The van der Waals surface area contributed by atoms with Crippen LogP contribution < -0.4 is 0 Å². The molecule has 0 aliphatic carbocycles. The number of nitrogens with zero attached hydrogens (tertiary/aromatic N) is 1. The molecule has 56 valence electrons. The van der Waals surface area contributed by atoms with Crippen LogP contribution in [0.1, 0.15) is 6.92 Å². The molecule has 10 heavy (non-hydrogen) atoms. The van der Waals surface area contributed by atoms with Gasteiger partial charge in [0.1, 0.15) is 4.34 Å². The maximum absolute atomic E-state index is 8.69. The van der Waals surface area contributed by atoms with Crippen LogP contribution in [-0.4, -0.2) is 21.9 Å². The van der Waals surface area contributed by atoms with Crippen LogP contribution >= 0.6 is 23.1 Å². The van der Waals surface area contributed by atoms with Gasteiger partial charge in [-0.3, -0.25) is 0 Å². The predicted molar refractivity (Wildman–Crippen MR) is 44.5 cm³/mol. The van der Waals surface area contributed by atoms with E-state index in [1.165, 1.54) is 0 Å². The third-order valence-electron chi connectivity index (χ3n) is 0.969. The average molecular weight is 175 g/mol. The molecule has 1 rings (SSSR count). The number of hydrogen-bond acceptors (Lipinski definition) is 4. The van der Waals surface area contributed by atoms with Gasteiger partial charge in [0.25, 0.3) is 0 Å². The Morgan fingerprint density at radius 1 is 1.90 bits per heavy atom. The molecule has 1 aromatic rings. The molecule has 0 radical (unpaired) electrons. The van der Waals surface area contributed by atoms with Gasteiger partial charge in [-0.25, -0.2) is 4.98 Å². The highest BCUT2D eigenvalue weighted by Gasteiger charge is 2.03. The Kier molecular flexibility index (Phi) is 3.18. The van der Waals surface area contributed by atoms with Crippen LogP contribution in [0.15, 0.2) is 15.9 Å². The number of aliphatic hydroxyl groups is 1. The first kappa shape index (κ1) is 8.04. The molecule has 0 saturated carbocycles. The van der Waals surface area contributed by atoms with Gasteiger partial charge < -0.3 is 5.11 Å². The van der Waals surface area contributed by atoms with Gasteiger partial charge in [0.2, 0.25) is 0 Å². The van der Waals surface area contributed by atoms with Crippen molar-refractivity contribution in [1.29, 1.82) is 0 Å². The molecule has 1 unspecified atom stereocenters. The quantitative estimate of drug-likeness (QED) is 0.709. The zero-order chi connectivity index (χ0) is 7.40. The molecule has 0 fully saturated rings. The summed E-state index contributed by atoms with van der Waals surface area (Å²) < 4.78 is 1.03. The van der Waals surface area contributed by atoms with Gasteiger partial charge in [-0.15, -0.1) is 11.3 Å². The van der Waals surface area contributed by atoms with Crippen molar-refractivity contribution in [1.82, 2.24) is 4.98 Å². The van der Waals surface area contributed by atoms with Crippen LogP contribution in [0.4, 0.5) is 0 Å². The monoisotopic (exact) mass is 175 g/mol. The second-order valence-electron chi connectivity index (χ2n) is 1.91. The highest BCUT2D eigenvalue weighted by molar-refractivity contribution is 8.01. The number of aromatic nitrogens is 1. The summed E-state index contributed by atoms with van der Waals surface area (Å²) in [6, 6.07) is 0. The summed E-state index contributed by atoms with van der Waals surface area (Å²) >= 11 is 3.22. The lowest BCUT2D eigenvalue weighted by atomic mass is 10.5. The molecule has 1 atom stereocenters. The number of hydrogen-bond donors (Lipinski definition) is 1. The molecule has 0 aliphatic rings. The molecule has 1 N–H and O–H groups in total. The smallest absolute Gasteiger partial charge is 0.150 e. The molecule has 0 aromatic carbocycles. The standard InChI is InChI=1S/C6H9NOS2/c1-5(4-8)10-6-7-2-3-9-6/h2-3,5,8H,4H2,1H3. The van der Waals surface area contributed by atoms with Crippen LogP contribution in [0, 0.1) is 0 Å². The Morgan fingerprint density at radius 2 is 2.70 bits per heavy atom. The Labute approximate surface area is 68.3 Å². The molecule has 0 saturated heterocycles. The molecule has 0 bridgehead atoms. The van der Waals surface area contributed by atoms with E-state index < -0.39 is 0 Å². The van der Waals surface area contributed by atoms with Crippen molar-refractivity contribution in [3.05, 3.63) is 11.6 Å². The minimum atomic E-state index is 0.213. The number of rotatable bonds is 3. The van der Waals surface area contributed by atoms with E-state index >= 15 is 0 Å². The fraction of sp³-hybridized carbons (Fsp3) is 0.500. The highest BCUT2D eigenvalue weighted by atomic mass is 32.2. The summed E-state index contributed by atoms with van der Waals surface area (Å²) in [5.74, 6) is 0. The lowest BCUT2D eigenvalue weighted by Gasteiger charge is -2.01. The third kappa shape index (κ3) is 2.28. The van der Waals surface area contributed by atoms with E-state index in [1.54, 1.807) is 29.3 Å². The summed E-state index contributed by atoms with van der Waals surface area (Å²) in [5, 5.41) is 10.9. The van der Waals surface area contributed by atoms with Crippen LogP contribution in [0.5, 0.6) is 0 Å². The van der Waals surface area contributed by atoms with Crippen molar-refractivity contribution in [3.8, 4) is 0 Å². The molecule has 1 heterocycles. The van der Waals surface area contributed by atoms with E-state index in [0.717, 1.165) is 4.34 Å². The first-order valence-electron chi connectivity index (χ1n) is 3.00. The maximum atomic E-state index is 8.69. The zero-order valence-corrected chi connectivity index (χ0v) is 7.28. The van der Waals surface area contributed by atoms with Gasteiger partial charge in [-0.1, -0.05) is 18.7 Å². The summed E-state index contributed by atoms with van der Waals surface area (Å²) in [6.07, 6.45) is 1.77. The minimum Gasteiger partial charge on any atom is -0.395 e. The van der Waals surface area contributed by atoms with Crippen molar-refractivity contribution in [2.45, 2.75) is 16.5 Å². The number of aliphatic hydroxyl groups excluding tert-OH is 1. The fourth-order valence-electron chi connectivity index (χ4n) is 0.478. The molecule has 0 aliphatic heterocycles. The Bertz CT molecular complexity index is 176. The Balaban J connectivity index is 2.40. The van der Waals surface area contributed by atoms with Crippen molar-refractivity contribution in [2.24, 2.45) is 0 Å². The van der Waals surface area contributed by atoms with Crippen LogP contribution in [0.2, 0.25) is 0 Å². The van der Waals surface area contributed by atoms with Gasteiger partial charge in [0, 0.05) is 16.8 Å². The van der Waals surface area contributed by atoms with Crippen LogP contribution in [0.3, 0.4) is 0 Å². The van der Waals surface area contributed by atoms with E-state index in [4.69, 9.17) is 5.11 Å². The normalized spacial score (nSPS) is 13.4. The highest BCUT2D eigenvalue weighted by Crippen LogP contribution is 2.24. The summed E-state index contributed by atoms with van der Waals surface area (Å²) in [5.41, 5.74) is 0.